The number of rotatable bonds is 5. The number of hydrogen-bond donors (Lipinski definition) is 1. The summed E-state index contributed by atoms with van der Waals surface area (Å²) in [6.45, 7) is 2.42. The van der Waals surface area contributed by atoms with Crippen molar-refractivity contribution in [3.05, 3.63) is 0 Å². The summed E-state index contributed by atoms with van der Waals surface area (Å²) < 4.78 is 4.92. The third-order valence-corrected chi connectivity index (χ3v) is 1.93. The van der Waals surface area contributed by atoms with Crippen molar-refractivity contribution in [2.24, 2.45) is 5.73 Å². The number of carbonyl (C=O) groups is 1. The number of ether oxygens (including phenoxy) is 1. The molecule has 0 rings (SSSR count). The molecule has 0 spiro atoms. The fourth-order valence-electron chi connectivity index (χ4n) is 0.873. The number of thiocarbonyl (C=S) groups is 1. The summed E-state index contributed by atoms with van der Waals surface area (Å²) in [5, 5.41) is 0. The van der Waals surface area contributed by atoms with Crippen LogP contribution in [0.5, 0.6) is 0 Å². The first-order valence-corrected chi connectivity index (χ1v) is 4.42. The van der Waals surface area contributed by atoms with E-state index >= 15 is 0 Å². The normalized spacial score (nSPS) is 12.2. The smallest absolute Gasteiger partial charge is 0.229 e. The van der Waals surface area contributed by atoms with Crippen molar-refractivity contribution in [2.45, 2.75) is 19.4 Å². The molecule has 0 saturated carbocycles. The second-order valence-corrected chi connectivity index (χ2v) is 3.48. The van der Waals surface area contributed by atoms with E-state index in [1.54, 1.807) is 19.1 Å². The Morgan fingerprint density at radius 1 is 1.69 bits per heavy atom. The van der Waals surface area contributed by atoms with E-state index < -0.39 is 0 Å². The van der Waals surface area contributed by atoms with Crippen molar-refractivity contribution < 1.29 is 9.53 Å². The van der Waals surface area contributed by atoms with Gasteiger partial charge in [-0.15, -0.1) is 0 Å². The van der Waals surface area contributed by atoms with Crippen LogP contribution in [0.3, 0.4) is 0 Å². The van der Waals surface area contributed by atoms with Gasteiger partial charge in [0, 0.05) is 14.2 Å². The minimum Gasteiger partial charge on any atom is -0.393 e. The zero-order valence-electron chi connectivity index (χ0n) is 8.24. The highest BCUT2D eigenvalue weighted by Gasteiger charge is 2.15. The second kappa shape index (κ2) is 5.88. The molecule has 0 aliphatic carbocycles. The number of carbonyl (C=O) groups excluding carboxylic acids is 1. The molecule has 1 unspecified atom stereocenters. The zero-order chi connectivity index (χ0) is 10.4. The van der Waals surface area contributed by atoms with Gasteiger partial charge >= 0.3 is 0 Å². The van der Waals surface area contributed by atoms with Crippen LogP contribution in [-0.2, 0) is 9.53 Å². The third kappa shape index (κ3) is 4.80. The van der Waals surface area contributed by atoms with E-state index in [1.807, 2.05) is 6.92 Å². The van der Waals surface area contributed by atoms with Crippen molar-refractivity contribution in [1.82, 2.24) is 4.90 Å². The predicted molar refractivity (Wildman–Crippen MR) is 55.5 cm³/mol. The molecule has 0 aromatic heterocycles. The van der Waals surface area contributed by atoms with E-state index in [0.29, 0.717) is 6.61 Å². The zero-order valence-corrected chi connectivity index (χ0v) is 9.06. The van der Waals surface area contributed by atoms with E-state index in [9.17, 15) is 4.79 Å². The topological polar surface area (TPSA) is 55.6 Å². The molecular formula is C8H16N2O2S. The fraction of sp³-hybridized carbons (Fsp3) is 0.750. The molecule has 1 amide bonds. The van der Waals surface area contributed by atoms with Crippen LogP contribution in [0.15, 0.2) is 0 Å². The average Bonchev–Trinajstić information content (AvgIpc) is 2.02. The standard InChI is InChI=1S/C8H16N2O2S/c1-6(5-12-3)10(2)8(11)4-7(9)13/h6H,4-5H2,1-3H3,(H2,9,13). The first kappa shape index (κ1) is 12.3. The molecule has 0 heterocycles. The Bertz CT molecular complexity index is 197. The molecule has 4 nitrogen and oxygen atoms in total. The van der Waals surface area contributed by atoms with E-state index in [-0.39, 0.29) is 23.4 Å². The molecular weight excluding hydrogens is 188 g/mol. The molecule has 2 N–H and O–H groups in total. The van der Waals surface area contributed by atoms with Gasteiger partial charge in [-0.3, -0.25) is 4.79 Å². The van der Waals surface area contributed by atoms with Crippen LogP contribution in [0.1, 0.15) is 13.3 Å². The Morgan fingerprint density at radius 2 is 2.23 bits per heavy atom. The SMILES string of the molecule is COCC(C)N(C)C(=O)CC(N)=S. The summed E-state index contributed by atoms with van der Waals surface area (Å²) in [5.74, 6) is -0.0722. The van der Waals surface area contributed by atoms with Gasteiger partial charge < -0.3 is 15.4 Å². The third-order valence-electron chi connectivity index (χ3n) is 1.79. The molecule has 0 aromatic rings. The number of hydrogen-bond acceptors (Lipinski definition) is 3. The molecule has 0 fully saturated rings. The maximum atomic E-state index is 11.4. The molecule has 0 aliphatic rings. The molecule has 13 heavy (non-hydrogen) atoms. The van der Waals surface area contributed by atoms with Crippen molar-refractivity contribution in [3.8, 4) is 0 Å². The summed E-state index contributed by atoms with van der Waals surface area (Å²) in [4.78, 5) is 13.2. The summed E-state index contributed by atoms with van der Waals surface area (Å²) in [5.41, 5.74) is 5.26. The van der Waals surface area contributed by atoms with Gasteiger partial charge in [0.15, 0.2) is 0 Å². The number of nitrogens with zero attached hydrogens (tertiary/aromatic N) is 1. The van der Waals surface area contributed by atoms with Crippen LogP contribution in [0.2, 0.25) is 0 Å². The minimum atomic E-state index is -0.0722. The Balaban J connectivity index is 4.01. The van der Waals surface area contributed by atoms with E-state index in [1.165, 1.54) is 0 Å². The predicted octanol–water partition coefficient (Wildman–Crippen LogP) is 0.156. The van der Waals surface area contributed by atoms with Crippen molar-refractivity contribution in [3.63, 3.8) is 0 Å². The average molecular weight is 204 g/mol. The van der Waals surface area contributed by atoms with Crippen molar-refractivity contribution >= 4 is 23.1 Å². The van der Waals surface area contributed by atoms with Crippen LogP contribution < -0.4 is 5.73 Å². The largest absolute Gasteiger partial charge is 0.393 e. The molecule has 0 aliphatic heterocycles. The van der Waals surface area contributed by atoms with Crippen LogP contribution >= 0.6 is 12.2 Å². The highest BCUT2D eigenvalue weighted by Crippen LogP contribution is 1.99. The summed E-state index contributed by atoms with van der Waals surface area (Å²) in [7, 11) is 3.31. The molecule has 0 aromatic carbocycles. The van der Waals surface area contributed by atoms with E-state index in [2.05, 4.69) is 12.2 Å². The van der Waals surface area contributed by atoms with Gasteiger partial charge in [-0.2, -0.15) is 0 Å². The molecule has 5 heteroatoms. The molecule has 0 radical (unpaired) electrons. The van der Waals surface area contributed by atoms with Crippen LogP contribution in [0.25, 0.3) is 0 Å². The minimum absolute atomic E-state index is 0.0480. The molecule has 1 atom stereocenters. The lowest BCUT2D eigenvalue weighted by Gasteiger charge is -2.24. The number of amides is 1. The quantitative estimate of drug-likeness (QED) is 0.648. The Kier molecular flexibility index (Phi) is 5.57. The van der Waals surface area contributed by atoms with Gasteiger partial charge in [-0.25, -0.2) is 0 Å². The van der Waals surface area contributed by atoms with Gasteiger partial charge in [-0.05, 0) is 6.92 Å². The van der Waals surface area contributed by atoms with Gasteiger partial charge in [0.1, 0.15) is 0 Å². The van der Waals surface area contributed by atoms with Crippen molar-refractivity contribution in [2.75, 3.05) is 20.8 Å². The summed E-state index contributed by atoms with van der Waals surface area (Å²) in [6.07, 6.45) is 0.125. The van der Waals surface area contributed by atoms with Crippen LogP contribution in [0, 0.1) is 0 Å². The van der Waals surface area contributed by atoms with E-state index in [0.717, 1.165) is 0 Å². The maximum Gasteiger partial charge on any atom is 0.229 e. The summed E-state index contributed by atoms with van der Waals surface area (Å²) in [6, 6.07) is 0.0480. The number of methoxy groups -OCH3 is 1. The lowest BCUT2D eigenvalue weighted by molar-refractivity contribution is -0.131. The second-order valence-electron chi connectivity index (χ2n) is 2.95. The lowest BCUT2D eigenvalue weighted by atomic mass is 10.3. The van der Waals surface area contributed by atoms with Crippen LogP contribution in [-0.4, -0.2) is 42.6 Å². The Hall–Kier alpha value is -0.680. The molecule has 76 valence electrons. The molecule has 0 bridgehead atoms. The van der Waals surface area contributed by atoms with Gasteiger partial charge in [-0.1, -0.05) is 12.2 Å². The van der Waals surface area contributed by atoms with Gasteiger partial charge in [0.25, 0.3) is 0 Å². The fourth-order valence-corrected chi connectivity index (χ4v) is 0.996. The molecule has 0 saturated heterocycles. The summed E-state index contributed by atoms with van der Waals surface area (Å²) >= 11 is 4.64. The monoisotopic (exact) mass is 204 g/mol. The number of likely N-dealkylation sites (N-methyl/N-ethyl adjacent to an activating group) is 1. The van der Waals surface area contributed by atoms with Crippen molar-refractivity contribution in [1.29, 1.82) is 0 Å². The Morgan fingerprint density at radius 3 is 2.62 bits per heavy atom. The van der Waals surface area contributed by atoms with Crippen LogP contribution in [0.4, 0.5) is 0 Å². The highest BCUT2D eigenvalue weighted by atomic mass is 32.1. The highest BCUT2D eigenvalue weighted by molar-refractivity contribution is 7.80. The Labute approximate surface area is 84.0 Å². The van der Waals surface area contributed by atoms with E-state index in [4.69, 9.17) is 10.5 Å². The number of nitrogens with two attached hydrogens (primary N) is 1. The first-order chi connectivity index (χ1) is 5.99. The first-order valence-electron chi connectivity index (χ1n) is 4.02. The van der Waals surface area contributed by atoms with Gasteiger partial charge in [0.05, 0.1) is 24.1 Å². The maximum absolute atomic E-state index is 11.4. The lowest BCUT2D eigenvalue weighted by Crippen LogP contribution is -2.39. The van der Waals surface area contributed by atoms with Gasteiger partial charge in [0.2, 0.25) is 5.91 Å².